The molecule has 1 aromatic carbocycles. The van der Waals surface area contributed by atoms with Crippen LogP contribution in [0, 0.1) is 11.8 Å². The Morgan fingerprint density at radius 1 is 0.977 bits per heavy atom. The van der Waals surface area contributed by atoms with E-state index < -0.39 is 35.9 Å². The quantitative estimate of drug-likeness (QED) is 0.109. The molecule has 2 fully saturated rings. The average Bonchev–Trinajstić information content (AvgIpc) is 3.59. The summed E-state index contributed by atoms with van der Waals surface area (Å²) in [5.41, 5.74) is 0.255. The topological polar surface area (TPSA) is 181 Å². The molecule has 0 spiro atoms. The standard InChI is InChI=1S/C30H32N2O12/c1-17(42-30(38)44-32-23(34)9-10-24(32)35)41-29(37)19-6-4-18(5-7-19)16-31-22(33)3-2-13-39-28-26-21(12-14-40-26)15-20-8-11-25(36)43-27(20)28/h8,11-12,14-15,17-19H,2-7,9-10,13,16H2,1H3,(H,31,33). The number of hydrogen-bond donors (Lipinski definition) is 1. The first-order chi connectivity index (χ1) is 21.2. The lowest BCUT2D eigenvalue weighted by atomic mass is 9.82. The highest BCUT2D eigenvalue weighted by molar-refractivity contribution is 6.01. The Morgan fingerprint density at radius 3 is 2.45 bits per heavy atom. The molecule has 5 rings (SSSR count). The van der Waals surface area contributed by atoms with E-state index in [0.717, 1.165) is 5.39 Å². The van der Waals surface area contributed by atoms with Crippen molar-refractivity contribution in [2.24, 2.45) is 11.8 Å². The van der Waals surface area contributed by atoms with E-state index in [4.69, 9.17) is 23.0 Å². The highest BCUT2D eigenvalue weighted by Crippen LogP contribution is 2.35. The number of benzene rings is 1. The number of ether oxygens (including phenoxy) is 3. The van der Waals surface area contributed by atoms with E-state index in [1.54, 1.807) is 12.1 Å². The molecular weight excluding hydrogens is 580 g/mol. The van der Waals surface area contributed by atoms with Crippen LogP contribution >= 0.6 is 0 Å². The molecule has 1 N–H and O–H groups in total. The lowest BCUT2D eigenvalue weighted by Gasteiger charge is -2.28. The number of furan rings is 1. The fraction of sp³-hybridized carbons (Fsp3) is 0.467. The van der Waals surface area contributed by atoms with Crippen molar-refractivity contribution in [3.8, 4) is 5.75 Å². The third-order valence-electron chi connectivity index (χ3n) is 7.56. The van der Waals surface area contributed by atoms with Gasteiger partial charge in [0.25, 0.3) is 11.8 Å². The van der Waals surface area contributed by atoms with Gasteiger partial charge in [-0.2, -0.15) is 0 Å². The van der Waals surface area contributed by atoms with Crippen molar-refractivity contribution in [1.82, 2.24) is 10.4 Å². The van der Waals surface area contributed by atoms with Gasteiger partial charge in [0.05, 0.1) is 18.8 Å². The van der Waals surface area contributed by atoms with E-state index in [0.29, 0.717) is 66.0 Å². The van der Waals surface area contributed by atoms with Crippen molar-refractivity contribution in [3.05, 3.63) is 40.9 Å². The van der Waals surface area contributed by atoms with Gasteiger partial charge in [0.15, 0.2) is 11.2 Å². The Morgan fingerprint density at radius 2 is 1.70 bits per heavy atom. The molecule has 2 aromatic heterocycles. The number of hydroxylamine groups is 2. The van der Waals surface area contributed by atoms with Gasteiger partial charge in [-0.3, -0.25) is 24.0 Å². The summed E-state index contributed by atoms with van der Waals surface area (Å²) in [6.45, 7) is 2.01. The van der Waals surface area contributed by atoms with E-state index >= 15 is 0 Å². The van der Waals surface area contributed by atoms with Crippen molar-refractivity contribution in [1.29, 1.82) is 0 Å². The number of rotatable bonds is 11. The summed E-state index contributed by atoms with van der Waals surface area (Å²) in [5.74, 6) is -1.82. The summed E-state index contributed by atoms with van der Waals surface area (Å²) in [7, 11) is 0. The molecule has 3 aromatic rings. The summed E-state index contributed by atoms with van der Waals surface area (Å²) in [6, 6.07) is 6.62. The molecule has 3 amide bonds. The summed E-state index contributed by atoms with van der Waals surface area (Å²) < 4.78 is 26.8. The number of nitrogens with one attached hydrogen (secondary N) is 1. The molecule has 0 radical (unpaired) electrons. The van der Waals surface area contributed by atoms with Crippen LogP contribution < -0.4 is 15.7 Å². The number of carbonyl (C=O) groups excluding carboxylic acids is 5. The minimum Gasteiger partial charge on any atom is -0.486 e. The van der Waals surface area contributed by atoms with Gasteiger partial charge in [0.1, 0.15) is 0 Å². The molecule has 1 saturated carbocycles. The smallest absolute Gasteiger partial charge is 0.486 e. The molecule has 0 bridgehead atoms. The SMILES string of the molecule is CC(OC(=O)ON1C(=O)CCC1=O)OC(=O)C1CCC(CNC(=O)CCCOc2c3occc3cc3ccc(=O)oc23)CC1. The van der Waals surface area contributed by atoms with Crippen LogP contribution in [-0.2, 0) is 33.5 Å². The maximum absolute atomic E-state index is 12.5. The van der Waals surface area contributed by atoms with E-state index in [-0.39, 0.29) is 43.6 Å². The largest absolute Gasteiger partial charge is 0.537 e. The Bertz CT molecular complexity index is 1600. The van der Waals surface area contributed by atoms with Crippen LogP contribution in [0.25, 0.3) is 21.9 Å². The number of carbonyl (C=O) groups is 5. The first-order valence-corrected chi connectivity index (χ1v) is 14.5. The third-order valence-corrected chi connectivity index (χ3v) is 7.56. The van der Waals surface area contributed by atoms with Gasteiger partial charge >= 0.3 is 17.8 Å². The second-order valence-corrected chi connectivity index (χ2v) is 10.7. The molecule has 1 unspecified atom stereocenters. The van der Waals surface area contributed by atoms with Gasteiger partial charge in [-0.15, -0.1) is 0 Å². The van der Waals surface area contributed by atoms with Crippen LogP contribution in [0.5, 0.6) is 5.75 Å². The van der Waals surface area contributed by atoms with Crippen LogP contribution in [-0.4, -0.2) is 54.4 Å². The summed E-state index contributed by atoms with van der Waals surface area (Å²) >= 11 is 0. The van der Waals surface area contributed by atoms with Gasteiger partial charge in [0.2, 0.25) is 17.9 Å². The zero-order chi connectivity index (χ0) is 31.2. The van der Waals surface area contributed by atoms with Crippen molar-refractivity contribution in [2.75, 3.05) is 13.2 Å². The van der Waals surface area contributed by atoms with Crippen LogP contribution in [0.2, 0.25) is 0 Å². The lowest BCUT2D eigenvalue weighted by Crippen LogP contribution is -2.35. The highest BCUT2D eigenvalue weighted by Gasteiger charge is 2.34. The highest BCUT2D eigenvalue weighted by atomic mass is 16.9. The molecule has 14 nitrogen and oxygen atoms in total. The molecule has 1 atom stereocenters. The molecule has 1 aliphatic heterocycles. The van der Waals surface area contributed by atoms with Gasteiger partial charge in [-0.05, 0) is 56.2 Å². The van der Waals surface area contributed by atoms with E-state index in [2.05, 4.69) is 10.2 Å². The Labute approximate surface area is 250 Å². The number of hydrogen-bond acceptors (Lipinski definition) is 12. The molecule has 1 saturated heterocycles. The second-order valence-electron chi connectivity index (χ2n) is 10.7. The minimum absolute atomic E-state index is 0.0524. The minimum atomic E-state index is -1.32. The van der Waals surface area contributed by atoms with Crippen molar-refractivity contribution < 1.29 is 51.9 Å². The Kier molecular flexibility index (Phi) is 9.46. The fourth-order valence-electron chi connectivity index (χ4n) is 5.27. The summed E-state index contributed by atoms with van der Waals surface area (Å²) in [4.78, 5) is 76.2. The average molecular weight is 613 g/mol. The summed E-state index contributed by atoms with van der Waals surface area (Å²) in [5, 5.41) is 4.79. The van der Waals surface area contributed by atoms with Gasteiger partial charge in [-0.25, -0.2) is 9.59 Å². The Balaban J connectivity index is 0.980. The number of fused-ring (bicyclic) bond motifs is 2. The third kappa shape index (κ3) is 7.36. The van der Waals surface area contributed by atoms with Crippen molar-refractivity contribution in [3.63, 3.8) is 0 Å². The zero-order valence-electron chi connectivity index (χ0n) is 24.0. The lowest BCUT2D eigenvalue weighted by molar-refractivity contribution is -0.193. The fourth-order valence-corrected chi connectivity index (χ4v) is 5.27. The van der Waals surface area contributed by atoms with Crippen LogP contribution in [0.4, 0.5) is 4.79 Å². The number of amides is 3. The number of imide groups is 1. The first kappa shape index (κ1) is 30.6. The zero-order valence-corrected chi connectivity index (χ0v) is 24.0. The van der Waals surface area contributed by atoms with Crippen LogP contribution in [0.1, 0.15) is 58.3 Å². The van der Waals surface area contributed by atoms with Crippen molar-refractivity contribution in [2.45, 2.75) is 64.6 Å². The first-order valence-electron chi connectivity index (χ1n) is 14.5. The van der Waals surface area contributed by atoms with Gasteiger partial charge in [0, 0.05) is 49.6 Å². The molecule has 234 valence electrons. The van der Waals surface area contributed by atoms with E-state index in [1.165, 1.54) is 19.3 Å². The van der Waals surface area contributed by atoms with Crippen LogP contribution in [0.15, 0.2) is 44.2 Å². The predicted octanol–water partition coefficient (Wildman–Crippen LogP) is 3.73. The van der Waals surface area contributed by atoms with Crippen LogP contribution in [0.3, 0.4) is 0 Å². The summed E-state index contributed by atoms with van der Waals surface area (Å²) in [6.07, 6.45) is 1.98. The number of esters is 1. The molecule has 44 heavy (non-hydrogen) atoms. The van der Waals surface area contributed by atoms with Gasteiger partial charge in [-0.1, -0.05) is 5.06 Å². The predicted molar refractivity (Wildman–Crippen MR) is 150 cm³/mol. The van der Waals surface area contributed by atoms with Crippen molar-refractivity contribution >= 4 is 51.8 Å². The monoisotopic (exact) mass is 612 g/mol. The molecule has 3 heterocycles. The maximum atomic E-state index is 12.5. The molecule has 14 heteroatoms. The van der Waals surface area contributed by atoms with Gasteiger partial charge < -0.3 is 28.4 Å². The normalized spacial score (nSPS) is 19.2. The Hall–Kier alpha value is -4.88. The molecule has 1 aliphatic carbocycles. The molecule has 2 aliphatic rings. The molecular formula is C30H32N2O12. The number of nitrogens with zero attached hydrogens (tertiary/aromatic N) is 1. The van der Waals surface area contributed by atoms with E-state index in [9.17, 15) is 28.8 Å². The second kappa shape index (κ2) is 13.6. The van der Waals surface area contributed by atoms with E-state index in [1.807, 2.05) is 6.07 Å². The maximum Gasteiger partial charge on any atom is 0.537 e.